The first kappa shape index (κ1) is 17.4. The minimum Gasteiger partial charge on any atom is -0.384 e. The molecule has 6 nitrogen and oxygen atoms in total. The van der Waals surface area contributed by atoms with E-state index in [-0.39, 0.29) is 5.84 Å². The summed E-state index contributed by atoms with van der Waals surface area (Å²) in [6.07, 6.45) is 0. The van der Waals surface area contributed by atoms with Crippen LogP contribution in [0.2, 0.25) is 0 Å². The molecule has 1 aromatic heterocycles. The number of nitrogens with two attached hydrogens (primary N) is 1. The lowest BCUT2D eigenvalue weighted by molar-refractivity contribution is 0.141. The molecule has 0 fully saturated rings. The van der Waals surface area contributed by atoms with Crippen LogP contribution < -0.4 is 10.6 Å². The number of aromatic nitrogens is 1. The van der Waals surface area contributed by atoms with Crippen molar-refractivity contribution in [1.29, 1.82) is 5.41 Å². The lowest BCUT2D eigenvalue weighted by Gasteiger charge is -2.26. The van der Waals surface area contributed by atoms with Gasteiger partial charge in [0.05, 0.1) is 18.8 Å². The zero-order chi connectivity index (χ0) is 15.7. The molecule has 0 aliphatic carbocycles. The number of anilines is 1. The molecule has 1 aromatic rings. The van der Waals surface area contributed by atoms with Gasteiger partial charge >= 0.3 is 0 Å². The fraction of sp³-hybridized carbons (Fsp3) is 0.600. The molecule has 0 unspecified atom stereocenters. The van der Waals surface area contributed by atoms with Crippen LogP contribution in [0, 0.1) is 12.3 Å². The molecule has 21 heavy (non-hydrogen) atoms. The molecular weight excluding hydrogens is 268 g/mol. The Hall–Kier alpha value is -1.66. The van der Waals surface area contributed by atoms with Crippen LogP contribution >= 0.6 is 0 Å². The Kier molecular flexibility index (Phi) is 7.71. The zero-order valence-electron chi connectivity index (χ0n) is 13.2. The van der Waals surface area contributed by atoms with Crippen LogP contribution in [0.1, 0.15) is 25.1 Å². The van der Waals surface area contributed by atoms with Gasteiger partial charge in [0.15, 0.2) is 0 Å². The van der Waals surface area contributed by atoms with Gasteiger partial charge in [-0.2, -0.15) is 0 Å². The summed E-state index contributed by atoms with van der Waals surface area (Å²) < 4.78 is 10.9. The lowest BCUT2D eigenvalue weighted by Crippen LogP contribution is -2.34. The summed E-state index contributed by atoms with van der Waals surface area (Å²) in [6.45, 7) is 9.82. The molecule has 1 rings (SSSR count). The highest BCUT2D eigenvalue weighted by atomic mass is 16.5. The fourth-order valence-electron chi connectivity index (χ4n) is 1.96. The van der Waals surface area contributed by atoms with Gasteiger partial charge in [-0.1, -0.05) is 0 Å². The Labute approximate surface area is 126 Å². The third kappa shape index (κ3) is 5.69. The molecule has 1 heterocycles. The van der Waals surface area contributed by atoms with Gasteiger partial charge in [-0.05, 0) is 32.9 Å². The Morgan fingerprint density at radius 1 is 1.19 bits per heavy atom. The molecule has 0 aliphatic heterocycles. The van der Waals surface area contributed by atoms with Gasteiger partial charge < -0.3 is 20.1 Å². The third-order valence-electron chi connectivity index (χ3n) is 3.02. The van der Waals surface area contributed by atoms with Crippen LogP contribution in [0.4, 0.5) is 5.82 Å². The number of nitrogen functional groups attached to an aromatic ring is 1. The van der Waals surface area contributed by atoms with E-state index in [0.717, 1.165) is 11.5 Å². The number of rotatable bonds is 10. The standard InChI is InChI=1S/C15H26N4O2/c1-4-20-10-8-19(9-11-21-5-2)15-13(14(16)17)7-6-12(3)18-15/h6-7H,4-5,8-11H2,1-3H3,(H3,16,17). The van der Waals surface area contributed by atoms with Crippen LogP contribution in [0.25, 0.3) is 0 Å². The van der Waals surface area contributed by atoms with Crippen molar-refractivity contribution in [1.82, 2.24) is 4.98 Å². The Balaban J connectivity index is 2.93. The number of hydrogen-bond acceptors (Lipinski definition) is 5. The highest BCUT2D eigenvalue weighted by molar-refractivity contribution is 5.99. The highest BCUT2D eigenvalue weighted by Crippen LogP contribution is 2.18. The second-order valence-electron chi connectivity index (χ2n) is 4.62. The summed E-state index contributed by atoms with van der Waals surface area (Å²) in [5, 5.41) is 7.72. The monoisotopic (exact) mass is 294 g/mol. The number of aryl methyl sites for hydroxylation is 1. The zero-order valence-corrected chi connectivity index (χ0v) is 13.2. The summed E-state index contributed by atoms with van der Waals surface area (Å²) in [5.41, 5.74) is 7.21. The first-order chi connectivity index (χ1) is 10.1. The molecule has 118 valence electrons. The van der Waals surface area contributed by atoms with Crippen LogP contribution in [0.5, 0.6) is 0 Å². The molecule has 3 N–H and O–H groups in total. The number of pyridine rings is 1. The van der Waals surface area contributed by atoms with Gasteiger partial charge in [-0.3, -0.25) is 5.41 Å². The van der Waals surface area contributed by atoms with Crippen molar-refractivity contribution in [3.8, 4) is 0 Å². The number of ether oxygens (including phenoxy) is 2. The second-order valence-corrected chi connectivity index (χ2v) is 4.62. The van der Waals surface area contributed by atoms with Gasteiger partial charge in [0.2, 0.25) is 0 Å². The van der Waals surface area contributed by atoms with Gasteiger partial charge in [-0.15, -0.1) is 0 Å². The van der Waals surface area contributed by atoms with Crippen molar-refractivity contribution in [3.63, 3.8) is 0 Å². The molecule has 0 bridgehead atoms. The maximum Gasteiger partial charge on any atom is 0.139 e. The topological polar surface area (TPSA) is 84.5 Å². The summed E-state index contributed by atoms with van der Waals surface area (Å²) >= 11 is 0. The van der Waals surface area contributed by atoms with E-state index in [1.54, 1.807) is 0 Å². The molecule has 0 spiro atoms. The van der Waals surface area contributed by atoms with Crippen molar-refractivity contribution in [2.45, 2.75) is 20.8 Å². The first-order valence-electron chi connectivity index (χ1n) is 7.32. The number of nitrogens with one attached hydrogen (secondary N) is 1. The predicted molar refractivity (Wildman–Crippen MR) is 85.2 cm³/mol. The number of nitrogens with zero attached hydrogens (tertiary/aromatic N) is 2. The molecule has 0 saturated heterocycles. The summed E-state index contributed by atoms with van der Waals surface area (Å²) in [5.74, 6) is 0.747. The molecule has 0 radical (unpaired) electrons. The Bertz CT molecular complexity index is 441. The largest absolute Gasteiger partial charge is 0.384 e. The van der Waals surface area contributed by atoms with Crippen LogP contribution in [0.3, 0.4) is 0 Å². The third-order valence-corrected chi connectivity index (χ3v) is 3.02. The average Bonchev–Trinajstić information content (AvgIpc) is 2.45. The minimum absolute atomic E-state index is 0.0234. The van der Waals surface area contributed by atoms with Gasteiger partial charge in [0.1, 0.15) is 11.7 Å². The van der Waals surface area contributed by atoms with Gasteiger partial charge in [0.25, 0.3) is 0 Å². The van der Waals surface area contributed by atoms with E-state index in [1.165, 1.54) is 0 Å². The van der Waals surface area contributed by atoms with Crippen LogP contribution in [-0.4, -0.2) is 50.3 Å². The Morgan fingerprint density at radius 2 is 1.76 bits per heavy atom. The summed E-state index contributed by atoms with van der Waals surface area (Å²) in [4.78, 5) is 6.61. The van der Waals surface area contributed by atoms with Crippen LogP contribution in [0.15, 0.2) is 12.1 Å². The van der Waals surface area contributed by atoms with Crippen molar-refractivity contribution >= 4 is 11.7 Å². The maximum atomic E-state index is 7.72. The van der Waals surface area contributed by atoms with E-state index < -0.39 is 0 Å². The molecule has 6 heteroatoms. The lowest BCUT2D eigenvalue weighted by atomic mass is 10.2. The maximum absolute atomic E-state index is 7.72. The number of amidine groups is 1. The van der Waals surface area contributed by atoms with E-state index in [1.807, 2.05) is 32.9 Å². The molecule has 0 aliphatic rings. The van der Waals surface area contributed by atoms with E-state index in [0.29, 0.717) is 45.1 Å². The normalized spacial score (nSPS) is 10.6. The smallest absolute Gasteiger partial charge is 0.139 e. The molecule has 0 saturated carbocycles. The average molecular weight is 294 g/mol. The van der Waals surface area contributed by atoms with Crippen molar-refractivity contribution < 1.29 is 9.47 Å². The highest BCUT2D eigenvalue weighted by Gasteiger charge is 2.15. The first-order valence-corrected chi connectivity index (χ1v) is 7.32. The second kappa shape index (κ2) is 9.31. The molecule has 0 aromatic carbocycles. The van der Waals surface area contributed by atoms with Crippen LogP contribution in [-0.2, 0) is 9.47 Å². The van der Waals surface area contributed by atoms with Crippen molar-refractivity contribution in [2.75, 3.05) is 44.4 Å². The predicted octanol–water partition coefficient (Wildman–Crippen LogP) is 1.55. The van der Waals surface area contributed by atoms with E-state index >= 15 is 0 Å². The summed E-state index contributed by atoms with van der Waals surface area (Å²) in [7, 11) is 0. The fourth-order valence-corrected chi connectivity index (χ4v) is 1.96. The SMILES string of the molecule is CCOCCN(CCOCC)c1nc(C)ccc1C(=N)N. The molecule has 0 atom stereocenters. The van der Waals surface area contributed by atoms with Gasteiger partial charge in [0, 0.05) is 32.0 Å². The van der Waals surface area contributed by atoms with Gasteiger partial charge in [-0.25, -0.2) is 4.98 Å². The molecular formula is C15H26N4O2. The van der Waals surface area contributed by atoms with E-state index in [4.69, 9.17) is 20.6 Å². The minimum atomic E-state index is 0.0234. The summed E-state index contributed by atoms with van der Waals surface area (Å²) in [6, 6.07) is 3.71. The van der Waals surface area contributed by atoms with Crippen molar-refractivity contribution in [3.05, 3.63) is 23.4 Å². The quantitative estimate of drug-likeness (QED) is 0.388. The van der Waals surface area contributed by atoms with E-state index in [2.05, 4.69) is 9.88 Å². The van der Waals surface area contributed by atoms with E-state index in [9.17, 15) is 0 Å². The molecule has 0 amide bonds. The van der Waals surface area contributed by atoms with Crippen molar-refractivity contribution in [2.24, 2.45) is 5.73 Å². The Morgan fingerprint density at radius 3 is 2.24 bits per heavy atom. The number of hydrogen-bond donors (Lipinski definition) is 2.